The van der Waals surface area contributed by atoms with Crippen molar-refractivity contribution in [1.29, 1.82) is 0 Å². The summed E-state index contributed by atoms with van der Waals surface area (Å²) in [5, 5.41) is 0.800. The van der Waals surface area contributed by atoms with E-state index in [9.17, 15) is 0 Å². The monoisotopic (exact) mass is 338 g/mol. The molecule has 0 amide bonds. The minimum Gasteiger partial charge on any atom is -0.0843 e. The predicted molar refractivity (Wildman–Crippen MR) is 103 cm³/mol. The SMILES string of the molecule is CC1CC[C@@H]2C[C@H](c3ccc(-c4ccc(Cl)cc4)cc3)CC[C@@H]2C1. The summed E-state index contributed by atoms with van der Waals surface area (Å²) in [7, 11) is 0. The molecule has 126 valence electrons. The summed E-state index contributed by atoms with van der Waals surface area (Å²) in [5.41, 5.74) is 4.08. The van der Waals surface area contributed by atoms with Gasteiger partial charge in [0.15, 0.2) is 0 Å². The van der Waals surface area contributed by atoms with E-state index in [0.29, 0.717) is 0 Å². The van der Waals surface area contributed by atoms with Gasteiger partial charge < -0.3 is 0 Å². The van der Waals surface area contributed by atoms with Crippen molar-refractivity contribution in [3.05, 3.63) is 59.1 Å². The molecule has 2 aromatic rings. The molecule has 0 radical (unpaired) electrons. The van der Waals surface area contributed by atoms with E-state index < -0.39 is 0 Å². The molecule has 1 heteroatoms. The molecule has 1 unspecified atom stereocenters. The lowest BCUT2D eigenvalue weighted by molar-refractivity contribution is 0.124. The predicted octanol–water partition coefficient (Wildman–Crippen LogP) is 7.33. The maximum absolute atomic E-state index is 5.99. The van der Waals surface area contributed by atoms with Crippen molar-refractivity contribution in [2.75, 3.05) is 0 Å². The molecular weight excluding hydrogens is 312 g/mol. The second-order valence-electron chi connectivity index (χ2n) is 8.08. The van der Waals surface area contributed by atoms with Crippen LogP contribution in [0.2, 0.25) is 5.02 Å². The highest BCUT2D eigenvalue weighted by Gasteiger charge is 2.34. The van der Waals surface area contributed by atoms with Crippen LogP contribution in [-0.4, -0.2) is 0 Å². The lowest BCUT2D eigenvalue weighted by Crippen LogP contribution is -2.29. The van der Waals surface area contributed by atoms with E-state index in [1.807, 2.05) is 12.1 Å². The molecule has 4 rings (SSSR count). The maximum Gasteiger partial charge on any atom is 0.0406 e. The van der Waals surface area contributed by atoms with E-state index in [-0.39, 0.29) is 0 Å². The molecule has 24 heavy (non-hydrogen) atoms. The Balaban J connectivity index is 1.46. The van der Waals surface area contributed by atoms with Gasteiger partial charge >= 0.3 is 0 Å². The van der Waals surface area contributed by atoms with Crippen molar-refractivity contribution in [3.63, 3.8) is 0 Å². The quantitative estimate of drug-likeness (QED) is 0.537. The van der Waals surface area contributed by atoms with Gasteiger partial charge in [0.05, 0.1) is 0 Å². The molecule has 0 saturated heterocycles. The Hall–Kier alpha value is -1.27. The standard InChI is InChI=1S/C23H27Cl/c1-16-2-3-22-15-21(9-8-20(22)14-16)19-6-4-17(5-7-19)18-10-12-23(24)13-11-18/h4-7,10-13,16,20-22H,2-3,8-9,14-15H2,1H3/t16?,20-,21-,22-/m1/s1. The number of hydrogen-bond donors (Lipinski definition) is 0. The van der Waals surface area contributed by atoms with Crippen molar-refractivity contribution in [2.24, 2.45) is 17.8 Å². The molecule has 0 spiro atoms. The van der Waals surface area contributed by atoms with Crippen molar-refractivity contribution in [2.45, 2.75) is 51.4 Å². The van der Waals surface area contributed by atoms with E-state index in [1.165, 1.54) is 49.7 Å². The Morgan fingerprint density at radius 3 is 2.00 bits per heavy atom. The van der Waals surface area contributed by atoms with Crippen LogP contribution in [0.15, 0.2) is 48.5 Å². The fourth-order valence-electron chi connectivity index (χ4n) is 5.02. The first-order chi connectivity index (χ1) is 11.7. The Morgan fingerprint density at radius 1 is 0.708 bits per heavy atom. The molecule has 4 atom stereocenters. The van der Waals surface area contributed by atoms with Crippen molar-refractivity contribution in [3.8, 4) is 11.1 Å². The molecule has 2 aliphatic rings. The molecule has 0 bridgehead atoms. The second-order valence-corrected chi connectivity index (χ2v) is 8.51. The number of fused-ring (bicyclic) bond motifs is 1. The van der Waals surface area contributed by atoms with Gasteiger partial charge in [0.2, 0.25) is 0 Å². The number of benzene rings is 2. The molecule has 2 saturated carbocycles. The van der Waals surface area contributed by atoms with Crippen LogP contribution in [0.5, 0.6) is 0 Å². The lowest BCUT2D eigenvalue weighted by Gasteiger charge is -2.41. The third-order valence-electron chi connectivity index (χ3n) is 6.43. The van der Waals surface area contributed by atoms with E-state index in [2.05, 4.69) is 43.3 Å². The fourth-order valence-corrected chi connectivity index (χ4v) is 5.14. The summed E-state index contributed by atoms with van der Waals surface area (Å²) in [4.78, 5) is 0. The molecule has 0 N–H and O–H groups in total. The van der Waals surface area contributed by atoms with Crippen LogP contribution in [0.3, 0.4) is 0 Å². The molecule has 0 nitrogen and oxygen atoms in total. The van der Waals surface area contributed by atoms with Gasteiger partial charge in [0.25, 0.3) is 0 Å². The third-order valence-corrected chi connectivity index (χ3v) is 6.69. The summed E-state index contributed by atoms with van der Waals surface area (Å²) in [5.74, 6) is 3.73. The van der Waals surface area contributed by atoms with Gasteiger partial charge in [-0.25, -0.2) is 0 Å². The zero-order valence-corrected chi connectivity index (χ0v) is 15.3. The summed E-state index contributed by atoms with van der Waals surface area (Å²) in [6.45, 7) is 2.44. The molecule has 2 fully saturated rings. The summed E-state index contributed by atoms with van der Waals surface area (Å²) in [6, 6.07) is 17.4. The largest absolute Gasteiger partial charge is 0.0843 e. The van der Waals surface area contributed by atoms with E-state index in [4.69, 9.17) is 11.6 Å². The van der Waals surface area contributed by atoms with Crippen molar-refractivity contribution >= 4 is 11.6 Å². The van der Waals surface area contributed by atoms with Crippen LogP contribution in [-0.2, 0) is 0 Å². The molecular formula is C23H27Cl. The summed E-state index contributed by atoms with van der Waals surface area (Å²) in [6.07, 6.45) is 8.63. The van der Waals surface area contributed by atoms with Crippen LogP contribution in [0, 0.1) is 17.8 Å². The van der Waals surface area contributed by atoms with Gasteiger partial charge in [-0.1, -0.05) is 61.3 Å². The molecule has 2 aromatic carbocycles. The topological polar surface area (TPSA) is 0 Å². The number of hydrogen-bond acceptors (Lipinski definition) is 0. The molecule has 2 aliphatic carbocycles. The van der Waals surface area contributed by atoms with Gasteiger partial charge in [-0.2, -0.15) is 0 Å². The first-order valence-electron chi connectivity index (χ1n) is 9.55. The third kappa shape index (κ3) is 3.40. The van der Waals surface area contributed by atoms with Crippen LogP contribution in [0.25, 0.3) is 11.1 Å². The van der Waals surface area contributed by atoms with Gasteiger partial charge in [-0.05, 0) is 84.6 Å². The Bertz CT molecular complexity index is 670. The van der Waals surface area contributed by atoms with Crippen LogP contribution >= 0.6 is 11.6 Å². The van der Waals surface area contributed by atoms with Crippen LogP contribution in [0.4, 0.5) is 0 Å². The zero-order chi connectivity index (χ0) is 16.5. The second kappa shape index (κ2) is 6.92. The summed E-state index contributed by atoms with van der Waals surface area (Å²) >= 11 is 5.99. The minimum absolute atomic E-state index is 0.777. The average molecular weight is 339 g/mol. The number of halogens is 1. The average Bonchev–Trinajstić information content (AvgIpc) is 2.62. The molecule has 0 heterocycles. The van der Waals surface area contributed by atoms with Crippen molar-refractivity contribution < 1.29 is 0 Å². The van der Waals surface area contributed by atoms with Crippen LogP contribution in [0.1, 0.15) is 56.9 Å². The summed E-state index contributed by atoms with van der Waals surface area (Å²) < 4.78 is 0. The number of rotatable bonds is 2. The van der Waals surface area contributed by atoms with E-state index >= 15 is 0 Å². The van der Waals surface area contributed by atoms with Crippen molar-refractivity contribution in [1.82, 2.24) is 0 Å². The Kier molecular flexibility index (Phi) is 4.68. The van der Waals surface area contributed by atoms with Gasteiger partial charge in [-0.15, -0.1) is 0 Å². The van der Waals surface area contributed by atoms with E-state index in [1.54, 1.807) is 5.56 Å². The normalized spacial score (nSPS) is 29.9. The first-order valence-corrected chi connectivity index (χ1v) is 9.93. The Morgan fingerprint density at radius 2 is 1.29 bits per heavy atom. The van der Waals surface area contributed by atoms with Gasteiger partial charge in [-0.3, -0.25) is 0 Å². The van der Waals surface area contributed by atoms with Crippen LogP contribution < -0.4 is 0 Å². The lowest BCUT2D eigenvalue weighted by atomic mass is 9.64. The molecule has 0 aliphatic heterocycles. The zero-order valence-electron chi connectivity index (χ0n) is 14.5. The fraction of sp³-hybridized carbons (Fsp3) is 0.478. The smallest absolute Gasteiger partial charge is 0.0406 e. The first kappa shape index (κ1) is 16.2. The highest BCUT2D eigenvalue weighted by atomic mass is 35.5. The van der Waals surface area contributed by atoms with Gasteiger partial charge in [0.1, 0.15) is 0 Å². The Labute approximate surface area is 151 Å². The van der Waals surface area contributed by atoms with Gasteiger partial charge in [0, 0.05) is 5.02 Å². The highest BCUT2D eigenvalue weighted by molar-refractivity contribution is 6.30. The highest BCUT2D eigenvalue weighted by Crippen LogP contribution is 2.47. The molecule has 0 aromatic heterocycles. The maximum atomic E-state index is 5.99. The van der Waals surface area contributed by atoms with E-state index in [0.717, 1.165) is 28.7 Å². The minimum atomic E-state index is 0.777.